The lowest BCUT2D eigenvalue weighted by molar-refractivity contribution is -0.133. The Morgan fingerprint density at radius 2 is 1.83 bits per heavy atom. The standard InChI is InChI=1S/C22H24FN5O/c1-14-3-9-18(10-4-14)25-21-20(16-5-7-17(23)8-6-16)26-19-13-27(11-12-28(19)21)22(29)15(2)24/h3-10,15,25H,11-13,24H2,1-2H3/t15-/m1/s1. The summed E-state index contributed by atoms with van der Waals surface area (Å²) in [4.78, 5) is 18.9. The van der Waals surface area contributed by atoms with Gasteiger partial charge in [-0.1, -0.05) is 17.7 Å². The number of rotatable bonds is 4. The van der Waals surface area contributed by atoms with Crippen LogP contribution in [-0.4, -0.2) is 32.9 Å². The van der Waals surface area contributed by atoms with Gasteiger partial charge in [-0.05, 0) is 50.2 Å². The molecule has 1 aliphatic heterocycles. The first-order chi connectivity index (χ1) is 13.9. The molecule has 6 nitrogen and oxygen atoms in total. The Kier molecular flexibility index (Phi) is 5.07. The number of carbonyl (C=O) groups excluding carboxylic acids is 1. The van der Waals surface area contributed by atoms with E-state index in [1.54, 1.807) is 24.0 Å². The first-order valence-electron chi connectivity index (χ1n) is 9.66. The molecular formula is C22H24FN5O. The van der Waals surface area contributed by atoms with Crippen LogP contribution in [0.1, 0.15) is 18.3 Å². The number of nitrogens with one attached hydrogen (secondary N) is 1. The molecule has 2 heterocycles. The molecule has 2 aromatic carbocycles. The smallest absolute Gasteiger partial charge is 0.239 e. The summed E-state index contributed by atoms with van der Waals surface area (Å²) in [6.07, 6.45) is 0. The number of carbonyl (C=O) groups is 1. The minimum absolute atomic E-state index is 0.0874. The number of amides is 1. The fourth-order valence-corrected chi connectivity index (χ4v) is 3.52. The van der Waals surface area contributed by atoms with E-state index in [-0.39, 0.29) is 11.7 Å². The number of aromatic nitrogens is 2. The molecule has 0 saturated heterocycles. The van der Waals surface area contributed by atoms with Crippen molar-refractivity contribution < 1.29 is 9.18 Å². The van der Waals surface area contributed by atoms with Crippen molar-refractivity contribution >= 4 is 17.4 Å². The quantitative estimate of drug-likeness (QED) is 0.712. The number of hydrogen-bond acceptors (Lipinski definition) is 4. The van der Waals surface area contributed by atoms with Crippen molar-refractivity contribution in [3.05, 3.63) is 65.7 Å². The van der Waals surface area contributed by atoms with E-state index in [1.807, 2.05) is 31.2 Å². The van der Waals surface area contributed by atoms with Gasteiger partial charge in [-0.3, -0.25) is 4.79 Å². The van der Waals surface area contributed by atoms with E-state index in [9.17, 15) is 9.18 Å². The molecule has 1 aliphatic rings. The summed E-state index contributed by atoms with van der Waals surface area (Å²) in [5.41, 5.74) is 9.44. The Morgan fingerprint density at radius 3 is 2.48 bits per heavy atom. The molecule has 0 spiro atoms. The largest absolute Gasteiger partial charge is 0.340 e. The highest BCUT2D eigenvalue weighted by Gasteiger charge is 2.28. The highest BCUT2D eigenvalue weighted by Crippen LogP contribution is 2.33. The Morgan fingerprint density at radius 1 is 1.14 bits per heavy atom. The van der Waals surface area contributed by atoms with Crippen LogP contribution in [0.2, 0.25) is 0 Å². The van der Waals surface area contributed by atoms with E-state index in [2.05, 4.69) is 9.88 Å². The zero-order chi connectivity index (χ0) is 20.5. The summed E-state index contributed by atoms with van der Waals surface area (Å²) in [6.45, 7) is 5.30. The molecule has 150 valence electrons. The molecule has 7 heteroatoms. The second kappa shape index (κ2) is 7.67. The number of benzene rings is 2. The molecule has 1 amide bonds. The molecule has 3 aromatic rings. The van der Waals surface area contributed by atoms with Crippen molar-refractivity contribution in [1.29, 1.82) is 0 Å². The van der Waals surface area contributed by atoms with Gasteiger partial charge in [0.25, 0.3) is 0 Å². The third-order valence-corrected chi connectivity index (χ3v) is 5.11. The average Bonchev–Trinajstić information content (AvgIpc) is 3.07. The normalized spacial score (nSPS) is 14.4. The highest BCUT2D eigenvalue weighted by molar-refractivity contribution is 5.82. The van der Waals surface area contributed by atoms with Gasteiger partial charge in [-0.2, -0.15) is 0 Å². The van der Waals surface area contributed by atoms with E-state index in [0.29, 0.717) is 19.6 Å². The van der Waals surface area contributed by atoms with E-state index < -0.39 is 6.04 Å². The van der Waals surface area contributed by atoms with Gasteiger partial charge in [-0.15, -0.1) is 0 Å². The fraction of sp³-hybridized carbons (Fsp3) is 0.273. The molecule has 29 heavy (non-hydrogen) atoms. The first kappa shape index (κ1) is 19.1. The van der Waals surface area contributed by atoms with Crippen molar-refractivity contribution in [1.82, 2.24) is 14.5 Å². The Bertz CT molecular complexity index is 1020. The zero-order valence-corrected chi connectivity index (χ0v) is 16.5. The second-order valence-corrected chi connectivity index (χ2v) is 7.42. The molecule has 4 rings (SSSR count). The predicted molar refractivity (Wildman–Crippen MR) is 111 cm³/mol. The SMILES string of the molecule is Cc1ccc(Nc2c(-c3ccc(F)cc3)nc3n2CCN(C(=O)[C@@H](C)N)C3)cc1. The lowest BCUT2D eigenvalue weighted by Gasteiger charge is -2.29. The number of hydrogen-bond donors (Lipinski definition) is 2. The summed E-state index contributed by atoms with van der Waals surface area (Å²) in [7, 11) is 0. The highest BCUT2D eigenvalue weighted by atomic mass is 19.1. The summed E-state index contributed by atoms with van der Waals surface area (Å²) in [5.74, 6) is 1.23. The van der Waals surface area contributed by atoms with Crippen molar-refractivity contribution in [3.63, 3.8) is 0 Å². The van der Waals surface area contributed by atoms with Crippen LogP contribution in [0.4, 0.5) is 15.9 Å². The van der Waals surface area contributed by atoms with Gasteiger partial charge >= 0.3 is 0 Å². The average molecular weight is 393 g/mol. The van der Waals surface area contributed by atoms with E-state index in [1.165, 1.54) is 17.7 Å². The number of nitrogens with zero attached hydrogens (tertiary/aromatic N) is 3. The maximum absolute atomic E-state index is 13.4. The maximum Gasteiger partial charge on any atom is 0.239 e. The van der Waals surface area contributed by atoms with Crippen molar-refractivity contribution in [2.75, 3.05) is 11.9 Å². The molecular weight excluding hydrogens is 369 g/mol. The van der Waals surface area contributed by atoms with Gasteiger partial charge in [0.05, 0.1) is 12.6 Å². The molecule has 1 atom stereocenters. The van der Waals surface area contributed by atoms with Gasteiger partial charge in [0.1, 0.15) is 23.2 Å². The predicted octanol–water partition coefficient (Wildman–Crippen LogP) is 3.43. The zero-order valence-electron chi connectivity index (χ0n) is 16.5. The minimum Gasteiger partial charge on any atom is -0.340 e. The molecule has 0 aliphatic carbocycles. The van der Waals surface area contributed by atoms with Gasteiger partial charge in [-0.25, -0.2) is 9.37 Å². The van der Waals surface area contributed by atoms with E-state index in [4.69, 9.17) is 10.7 Å². The Balaban J connectivity index is 1.74. The molecule has 3 N–H and O–H groups in total. The molecule has 0 fully saturated rings. The van der Waals surface area contributed by atoms with Crippen LogP contribution in [0.15, 0.2) is 48.5 Å². The van der Waals surface area contributed by atoms with Crippen molar-refractivity contribution in [2.24, 2.45) is 5.73 Å². The Labute approximate surface area is 169 Å². The molecule has 1 aromatic heterocycles. The van der Waals surface area contributed by atoms with Gasteiger partial charge < -0.3 is 20.5 Å². The van der Waals surface area contributed by atoms with Gasteiger partial charge in [0.15, 0.2) is 0 Å². The van der Waals surface area contributed by atoms with Crippen LogP contribution in [0.25, 0.3) is 11.3 Å². The Hall–Kier alpha value is -3.19. The fourth-order valence-electron chi connectivity index (χ4n) is 3.52. The number of fused-ring (bicyclic) bond motifs is 1. The van der Waals surface area contributed by atoms with Crippen molar-refractivity contribution in [3.8, 4) is 11.3 Å². The third kappa shape index (κ3) is 3.86. The molecule has 0 radical (unpaired) electrons. The number of anilines is 2. The lowest BCUT2D eigenvalue weighted by Crippen LogP contribution is -2.45. The van der Waals surface area contributed by atoms with Crippen LogP contribution in [-0.2, 0) is 17.9 Å². The number of nitrogens with two attached hydrogens (primary N) is 1. The number of aryl methyl sites for hydroxylation is 1. The van der Waals surface area contributed by atoms with Crippen LogP contribution in [0, 0.1) is 12.7 Å². The van der Waals surface area contributed by atoms with Gasteiger partial charge in [0, 0.05) is 24.3 Å². The molecule has 0 saturated carbocycles. The van der Waals surface area contributed by atoms with Crippen LogP contribution in [0.3, 0.4) is 0 Å². The van der Waals surface area contributed by atoms with Gasteiger partial charge in [0.2, 0.25) is 5.91 Å². The third-order valence-electron chi connectivity index (χ3n) is 5.11. The van der Waals surface area contributed by atoms with Crippen LogP contribution < -0.4 is 11.1 Å². The summed E-state index contributed by atoms with van der Waals surface area (Å²) < 4.78 is 15.5. The first-order valence-corrected chi connectivity index (χ1v) is 9.66. The van der Waals surface area contributed by atoms with E-state index >= 15 is 0 Å². The van der Waals surface area contributed by atoms with Crippen LogP contribution in [0.5, 0.6) is 0 Å². The van der Waals surface area contributed by atoms with E-state index in [0.717, 1.165) is 28.6 Å². The summed E-state index contributed by atoms with van der Waals surface area (Å²) >= 11 is 0. The van der Waals surface area contributed by atoms with Crippen molar-refractivity contribution in [2.45, 2.75) is 33.0 Å². The minimum atomic E-state index is -0.543. The van der Waals surface area contributed by atoms with Crippen LogP contribution >= 0.6 is 0 Å². The molecule has 0 bridgehead atoms. The second-order valence-electron chi connectivity index (χ2n) is 7.42. The maximum atomic E-state index is 13.4. The molecule has 0 unspecified atom stereocenters. The number of imidazole rings is 1. The number of halogens is 1. The summed E-state index contributed by atoms with van der Waals surface area (Å²) in [6, 6.07) is 13.8. The topological polar surface area (TPSA) is 76.2 Å². The lowest BCUT2D eigenvalue weighted by atomic mass is 10.1. The summed E-state index contributed by atoms with van der Waals surface area (Å²) in [5, 5.41) is 3.47. The monoisotopic (exact) mass is 393 g/mol.